The quantitative estimate of drug-likeness (QED) is 0.446. The fraction of sp³-hybridized carbons (Fsp3) is 0.545. The Bertz CT molecular complexity index is 197. The van der Waals surface area contributed by atoms with Crippen LogP contribution >= 0.6 is 0 Å². The molecule has 0 aliphatic rings. The highest BCUT2D eigenvalue weighted by atomic mass is 14.7. The minimum absolute atomic E-state index is 0.510. The summed E-state index contributed by atoms with van der Waals surface area (Å²) in [5, 5.41) is 0. The molecular formula is C11H19N. The third kappa shape index (κ3) is 4.12. The van der Waals surface area contributed by atoms with Crippen molar-refractivity contribution in [3.8, 4) is 0 Å². The lowest BCUT2D eigenvalue weighted by molar-refractivity contribution is 0.789. The van der Waals surface area contributed by atoms with Crippen LogP contribution in [0.2, 0.25) is 0 Å². The molecule has 0 bridgehead atoms. The van der Waals surface area contributed by atoms with Gasteiger partial charge in [-0.1, -0.05) is 33.4 Å². The molecule has 1 nitrogen and oxygen atoms in total. The van der Waals surface area contributed by atoms with Crippen molar-refractivity contribution in [3.63, 3.8) is 0 Å². The summed E-state index contributed by atoms with van der Waals surface area (Å²) in [6.07, 6.45) is 4.80. The Kier molecular flexibility index (Phi) is 5.35. The molecule has 0 aromatic heterocycles. The summed E-state index contributed by atoms with van der Waals surface area (Å²) in [6, 6.07) is 0. The molecule has 12 heavy (non-hydrogen) atoms. The molecule has 0 spiro atoms. The summed E-state index contributed by atoms with van der Waals surface area (Å²) in [6.45, 7) is 12.2. The predicted octanol–water partition coefficient (Wildman–Crippen LogP) is 3.58. The molecule has 0 aromatic rings. The Balaban J connectivity index is 4.40. The van der Waals surface area contributed by atoms with E-state index in [-0.39, 0.29) is 0 Å². The van der Waals surface area contributed by atoms with E-state index in [2.05, 4.69) is 32.3 Å². The van der Waals surface area contributed by atoms with Gasteiger partial charge in [-0.25, -0.2) is 0 Å². The summed E-state index contributed by atoms with van der Waals surface area (Å²) in [7, 11) is 0. The molecule has 0 atom stereocenters. The van der Waals surface area contributed by atoms with Gasteiger partial charge in [-0.05, 0) is 24.8 Å². The van der Waals surface area contributed by atoms with Gasteiger partial charge < -0.3 is 0 Å². The fourth-order valence-electron chi connectivity index (χ4n) is 0.713. The molecule has 0 aromatic carbocycles. The second-order valence-corrected chi connectivity index (χ2v) is 3.21. The first-order valence-corrected chi connectivity index (χ1v) is 4.47. The minimum atomic E-state index is 0.510. The van der Waals surface area contributed by atoms with Crippen LogP contribution in [0.4, 0.5) is 0 Å². The molecule has 0 amide bonds. The van der Waals surface area contributed by atoms with Gasteiger partial charge >= 0.3 is 0 Å². The topological polar surface area (TPSA) is 12.4 Å². The first-order valence-electron chi connectivity index (χ1n) is 4.47. The van der Waals surface area contributed by atoms with E-state index >= 15 is 0 Å². The Hall–Kier alpha value is -0.850. The standard InChI is InChI=1S/C11H19N/c1-6-10(5)12-8-11(7-2)9(3)4/h7-9H,2,6H2,1,3-5H3/b11-8+,12-10?. The van der Waals surface area contributed by atoms with Crippen LogP contribution in [0, 0.1) is 5.92 Å². The van der Waals surface area contributed by atoms with Crippen molar-refractivity contribution in [2.45, 2.75) is 34.1 Å². The van der Waals surface area contributed by atoms with Gasteiger partial charge in [0.2, 0.25) is 0 Å². The molecule has 0 saturated heterocycles. The zero-order chi connectivity index (χ0) is 9.56. The number of nitrogens with zero attached hydrogens (tertiary/aromatic N) is 1. The molecule has 0 N–H and O–H groups in total. The Morgan fingerprint density at radius 3 is 2.42 bits per heavy atom. The monoisotopic (exact) mass is 165 g/mol. The molecule has 0 aliphatic heterocycles. The number of allylic oxidation sites excluding steroid dienone is 2. The van der Waals surface area contributed by atoms with E-state index in [1.807, 2.05) is 19.2 Å². The summed E-state index contributed by atoms with van der Waals surface area (Å²) in [5.41, 5.74) is 2.36. The van der Waals surface area contributed by atoms with Crippen LogP contribution in [0.25, 0.3) is 0 Å². The number of rotatable bonds is 4. The van der Waals surface area contributed by atoms with Crippen LogP contribution in [-0.4, -0.2) is 5.71 Å². The first-order chi connectivity index (χ1) is 5.61. The average molecular weight is 165 g/mol. The third-order valence-electron chi connectivity index (χ3n) is 1.85. The van der Waals surface area contributed by atoms with Crippen LogP contribution in [-0.2, 0) is 0 Å². The van der Waals surface area contributed by atoms with Gasteiger partial charge in [0.05, 0.1) is 0 Å². The maximum atomic E-state index is 4.32. The van der Waals surface area contributed by atoms with Crippen LogP contribution in [0.1, 0.15) is 34.1 Å². The summed E-state index contributed by atoms with van der Waals surface area (Å²) < 4.78 is 0. The zero-order valence-corrected chi connectivity index (χ0v) is 8.59. The van der Waals surface area contributed by atoms with Crippen molar-refractivity contribution < 1.29 is 0 Å². The van der Waals surface area contributed by atoms with Crippen LogP contribution < -0.4 is 0 Å². The number of hydrogen-bond donors (Lipinski definition) is 0. The highest BCUT2D eigenvalue weighted by molar-refractivity contribution is 5.82. The van der Waals surface area contributed by atoms with Gasteiger partial charge in [-0.3, -0.25) is 4.99 Å². The van der Waals surface area contributed by atoms with Crippen molar-refractivity contribution in [3.05, 3.63) is 24.4 Å². The second kappa shape index (κ2) is 5.76. The molecule has 0 aliphatic carbocycles. The predicted molar refractivity (Wildman–Crippen MR) is 56.5 cm³/mol. The first kappa shape index (κ1) is 11.2. The van der Waals surface area contributed by atoms with E-state index in [0.29, 0.717) is 5.92 Å². The molecule has 0 fully saturated rings. The maximum absolute atomic E-state index is 4.32. The van der Waals surface area contributed by atoms with Crippen LogP contribution in [0.15, 0.2) is 29.4 Å². The van der Waals surface area contributed by atoms with Gasteiger partial charge in [0.1, 0.15) is 0 Å². The van der Waals surface area contributed by atoms with Gasteiger partial charge in [0.25, 0.3) is 0 Å². The fourth-order valence-corrected chi connectivity index (χ4v) is 0.713. The lowest BCUT2D eigenvalue weighted by Gasteiger charge is -2.03. The molecule has 0 radical (unpaired) electrons. The second-order valence-electron chi connectivity index (χ2n) is 3.21. The molecule has 1 heteroatoms. The summed E-state index contributed by atoms with van der Waals surface area (Å²) >= 11 is 0. The summed E-state index contributed by atoms with van der Waals surface area (Å²) in [4.78, 5) is 4.32. The zero-order valence-electron chi connectivity index (χ0n) is 8.59. The van der Waals surface area contributed by atoms with Gasteiger partial charge in [0.15, 0.2) is 0 Å². The van der Waals surface area contributed by atoms with Gasteiger partial charge in [-0.15, -0.1) is 0 Å². The van der Waals surface area contributed by atoms with Crippen LogP contribution in [0.5, 0.6) is 0 Å². The lowest BCUT2D eigenvalue weighted by atomic mass is 10.1. The molecule has 0 unspecified atom stereocenters. The molecular weight excluding hydrogens is 146 g/mol. The highest BCUT2D eigenvalue weighted by Crippen LogP contribution is 2.10. The van der Waals surface area contributed by atoms with Crippen molar-refractivity contribution in [1.29, 1.82) is 0 Å². The average Bonchev–Trinajstić information content (AvgIpc) is 2.04. The minimum Gasteiger partial charge on any atom is -0.266 e. The highest BCUT2D eigenvalue weighted by Gasteiger charge is 1.96. The van der Waals surface area contributed by atoms with Gasteiger partial charge in [0, 0.05) is 11.9 Å². The largest absolute Gasteiger partial charge is 0.266 e. The van der Waals surface area contributed by atoms with Crippen molar-refractivity contribution >= 4 is 5.71 Å². The van der Waals surface area contributed by atoms with E-state index in [1.165, 1.54) is 5.57 Å². The van der Waals surface area contributed by atoms with E-state index in [4.69, 9.17) is 0 Å². The van der Waals surface area contributed by atoms with E-state index < -0.39 is 0 Å². The molecule has 0 saturated carbocycles. The maximum Gasteiger partial charge on any atom is 0.0301 e. The molecule has 68 valence electrons. The normalized spacial score (nSPS) is 13.8. The molecule has 0 rings (SSSR count). The Morgan fingerprint density at radius 1 is 1.50 bits per heavy atom. The number of aliphatic imine (C=N–C) groups is 1. The molecule has 0 heterocycles. The summed E-state index contributed by atoms with van der Waals surface area (Å²) in [5.74, 6) is 0.510. The van der Waals surface area contributed by atoms with Crippen molar-refractivity contribution in [2.75, 3.05) is 0 Å². The van der Waals surface area contributed by atoms with Crippen LogP contribution in [0.3, 0.4) is 0 Å². The number of hydrogen-bond acceptors (Lipinski definition) is 1. The third-order valence-corrected chi connectivity index (χ3v) is 1.85. The van der Waals surface area contributed by atoms with Crippen molar-refractivity contribution in [2.24, 2.45) is 10.9 Å². The van der Waals surface area contributed by atoms with Crippen molar-refractivity contribution in [1.82, 2.24) is 0 Å². The van der Waals surface area contributed by atoms with E-state index in [1.54, 1.807) is 0 Å². The van der Waals surface area contributed by atoms with E-state index in [0.717, 1.165) is 12.1 Å². The lowest BCUT2D eigenvalue weighted by Crippen LogP contribution is -1.91. The Labute approximate surface area is 75.9 Å². The Morgan fingerprint density at radius 2 is 2.08 bits per heavy atom. The van der Waals surface area contributed by atoms with Gasteiger partial charge in [-0.2, -0.15) is 0 Å². The van der Waals surface area contributed by atoms with E-state index in [9.17, 15) is 0 Å². The SMILES string of the molecule is C=C/C(=C\N=C(C)CC)C(C)C. The smallest absolute Gasteiger partial charge is 0.0301 e.